The summed E-state index contributed by atoms with van der Waals surface area (Å²) in [6, 6.07) is 2.24. The molecule has 1 atom stereocenters. The number of rotatable bonds is 1. The van der Waals surface area contributed by atoms with E-state index in [2.05, 4.69) is 0 Å². The van der Waals surface area contributed by atoms with Crippen molar-refractivity contribution in [1.29, 1.82) is 0 Å². The second-order valence-electron chi connectivity index (χ2n) is 3.37. The summed E-state index contributed by atoms with van der Waals surface area (Å²) in [5, 5.41) is -2.09. The number of benzene rings is 1. The molecule has 15 heavy (non-hydrogen) atoms. The highest BCUT2D eigenvalue weighted by molar-refractivity contribution is 6.21. The molecular formula is C10H9ClF4. The Hall–Kier alpha value is -0.770. The highest BCUT2D eigenvalue weighted by Gasteiger charge is 2.39. The minimum Gasteiger partial charge on any atom is -0.206 e. The first kappa shape index (κ1) is 12.3. The SMILES string of the molecule is Cc1cc(C(Cl)C(F)(F)F)cc(C)c1F. The number of hydrogen-bond acceptors (Lipinski definition) is 0. The molecular weight excluding hydrogens is 232 g/mol. The van der Waals surface area contributed by atoms with E-state index >= 15 is 0 Å². The third-order valence-electron chi connectivity index (χ3n) is 2.04. The van der Waals surface area contributed by atoms with E-state index in [1.165, 1.54) is 13.8 Å². The van der Waals surface area contributed by atoms with Crippen LogP contribution in [0.15, 0.2) is 12.1 Å². The molecule has 1 rings (SSSR count). The fourth-order valence-corrected chi connectivity index (χ4v) is 1.44. The number of alkyl halides is 4. The largest absolute Gasteiger partial charge is 0.408 e. The zero-order valence-corrected chi connectivity index (χ0v) is 8.88. The topological polar surface area (TPSA) is 0 Å². The molecule has 5 heteroatoms. The molecule has 0 bridgehead atoms. The number of halogens is 5. The van der Waals surface area contributed by atoms with Crippen LogP contribution < -0.4 is 0 Å². The van der Waals surface area contributed by atoms with Crippen molar-refractivity contribution in [2.24, 2.45) is 0 Å². The van der Waals surface area contributed by atoms with Gasteiger partial charge in [-0.15, -0.1) is 11.6 Å². The second-order valence-corrected chi connectivity index (χ2v) is 3.81. The molecule has 0 aliphatic heterocycles. The van der Waals surface area contributed by atoms with Crippen LogP contribution in [-0.2, 0) is 0 Å². The average molecular weight is 241 g/mol. The van der Waals surface area contributed by atoms with Crippen LogP contribution in [0.3, 0.4) is 0 Å². The van der Waals surface area contributed by atoms with Gasteiger partial charge in [0.1, 0.15) is 5.82 Å². The minimum atomic E-state index is -4.52. The van der Waals surface area contributed by atoms with Gasteiger partial charge >= 0.3 is 6.18 Å². The monoisotopic (exact) mass is 240 g/mol. The van der Waals surface area contributed by atoms with Crippen LogP contribution in [0.1, 0.15) is 22.1 Å². The van der Waals surface area contributed by atoms with E-state index in [9.17, 15) is 17.6 Å². The van der Waals surface area contributed by atoms with Crippen molar-refractivity contribution in [2.45, 2.75) is 25.4 Å². The molecule has 84 valence electrons. The Labute approximate surface area is 89.9 Å². The minimum absolute atomic E-state index is 0.124. The third-order valence-corrected chi connectivity index (χ3v) is 2.54. The van der Waals surface area contributed by atoms with E-state index in [0.717, 1.165) is 12.1 Å². The van der Waals surface area contributed by atoms with Crippen LogP contribution in [0.25, 0.3) is 0 Å². The maximum absolute atomic E-state index is 13.1. The predicted octanol–water partition coefficient (Wildman–Crippen LogP) is 4.28. The predicted molar refractivity (Wildman–Crippen MR) is 50.5 cm³/mol. The molecule has 1 unspecified atom stereocenters. The Morgan fingerprint density at radius 1 is 1.13 bits per heavy atom. The maximum Gasteiger partial charge on any atom is 0.408 e. The molecule has 0 radical (unpaired) electrons. The Bertz CT molecular complexity index is 347. The van der Waals surface area contributed by atoms with Crippen molar-refractivity contribution in [3.63, 3.8) is 0 Å². The fraction of sp³-hybridized carbons (Fsp3) is 0.400. The quantitative estimate of drug-likeness (QED) is 0.508. The fourth-order valence-electron chi connectivity index (χ4n) is 1.31. The van der Waals surface area contributed by atoms with Crippen molar-refractivity contribution < 1.29 is 17.6 Å². The summed E-state index contributed by atoms with van der Waals surface area (Å²) in [7, 11) is 0. The van der Waals surface area contributed by atoms with E-state index < -0.39 is 17.4 Å². The van der Waals surface area contributed by atoms with Gasteiger partial charge in [-0.05, 0) is 30.5 Å². The summed E-state index contributed by atoms with van der Waals surface area (Å²) in [6.45, 7) is 2.82. The van der Waals surface area contributed by atoms with Crippen LogP contribution in [0.2, 0.25) is 0 Å². The lowest BCUT2D eigenvalue weighted by molar-refractivity contribution is -0.131. The van der Waals surface area contributed by atoms with Crippen LogP contribution in [0.5, 0.6) is 0 Å². The molecule has 1 aromatic rings. The lowest BCUT2D eigenvalue weighted by atomic mass is 10.0. The molecule has 0 N–H and O–H groups in total. The summed E-state index contributed by atoms with van der Waals surface area (Å²) in [6.07, 6.45) is -4.52. The Kier molecular flexibility index (Phi) is 3.28. The van der Waals surface area contributed by atoms with Gasteiger partial charge in [0.25, 0.3) is 0 Å². The van der Waals surface area contributed by atoms with Crippen molar-refractivity contribution >= 4 is 11.6 Å². The number of hydrogen-bond donors (Lipinski definition) is 0. The van der Waals surface area contributed by atoms with Crippen LogP contribution >= 0.6 is 11.6 Å². The lowest BCUT2D eigenvalue weighted by Crippen LogP contribution is -2.16. The van der Waals surface area contributed by atoms with Gasteiger partial charge in [0.05, 0.1) is 0 Å². The molecule has 0 spiro atoms. The number of aryl methyl sites for hydroxylation is 2. The first-order chi connectivity index (χ1) is 6.73. The normalized spacial score (nSPS) is 14.1. The van der Waals surface area contributed by atoms with Crippen molar-refractivity contribution in [3.05, 3.63) is 34.6 Å². The van der Waals surface area contributed by atoms with Crippen LogP contribution in [0, 0.1) is 19.7 Å². The second kappa shape index (κ2) is 4.00. The van der Waals surface area contributed by atoms with E-state index in [1.54, 1.807) is 0 Å². The Balaban J connectivity index is 3.17. The molecule has 0 aliphatic carbocycles. The van der Waals surface area contributed by atoms with Gasteiger partial charge in [0, 0.05) is 0 Å². The van der Waals surface area contributed by atoms with E-state index in [1.807, 2.05) is 0 Å². The van der Waals surface area contributed by atoms with Gasteiger partial charge in [0.2, 0.25) is 0 Å². The zero-order chi connectivity index (χ0) is 11.8. The first-order valence-corrected chi connectivity index (χ1v) is 4.64. The molecule has 0 aromatic heterocycles. The van der Waals surface area contributed by atoms with Gasteiger partial charge in [-0.25, -0.2) is 4.39 Å². The van der Waals surface area contributed by atoms with Crippen LogP contribution in [-0.4, -0.2) is 6.18 Å². The van der Waals surface area contributed by atoms with Crippen molar-refractivity contribution in [3.8, 4) is 0 Å². The van der Waals surface area contributed by atoms with Gasteiger partial charge in [0.15, 0.2) is 5.38 Å². The summed E-state index contributed by atoms with van der Waals surface area (Å²) in [5.74, 6) is -0.496. The van der Waals surface area contributed by atoms with Gasteiger partial charge in [-0.3, -0.25) is 0 Å². The van der Waals surface area contributed by atoms with Gasteiger partial charge < -0.3 is 0 Å². The summed E-state index contributed by atoms with van der Waals surface area (Å²) in [4.78, 5) is 0. The molecule has 0 aliphatic rings. The third kappa shape index (κ3) is 2.62. The standard InChI is InChI=1S/C10H9ClF4/c1-5-3-7(4-6(2)8(5)12)9(11)10(13,14)15/h3-4,9H,1-2H3. The van der Waals surface area contributed by atoms with Crippen molar-refractivity contribution in [1.82, 2.24) is 0 Å². The smallest absolute Gasteiger partial charge is 0.206 e. The van der Waals surface area contributed by atoms with Crippen LogP contribution in [0.4, 0.5) is 17.6 Å². The summed E-state index contributed by atoms with van der Waals surface area (Å²) >= 11 is 5.23. The molecule has 0 saturated heterocycles. The van der Waals surface area contributed by atoms with Crippen molar-refractivity contribution in [2.75, 3.05) is 0 Å². The average Bonchev–Trinajstić information content (AvgIpc) is 2.10. The van der Waals surface area contributed by atoms with E-state index in [-0.39, 0.29) is 16.7 Å². The van der Waals surface area contributed by atoms with E-state index in [0.29, 0.717) is 0 Å². The molecule has 0 amide bonds. The molecule has 0 fully saturated rings. The lowest BCUT2D eigenvalue weighted by Gasteiger charge is -2.15. The molecule has 0 nitrogen and oxygen atoms in total. The Morgan fingerprint density at radius 2 is 1.53 bits per heavy atom. The summed E-state index contributed by atoms with van der Waals surface area (Å²) < 4.78 is 50.0. The Morgan fingerprint density at radius 3 is 1.87 bits per heavy atom. The van der Waals surface area contributed by atoms with Gasteiger partial charge in [-0.1, -0.05) is 12.1 Å². The zero-order valence-electron chi connectivity index (χ0n) is 8.12. The maximum atomic E-state index is 13.1. The molecule has 0 heterocycles. The van der Waals surface area contributed by atoms with Gasteiger partial charge in [-0.2, -0.15) is 13.2 Å². The first-order valence-electron chi connectivity index (χ1n) is 4.21. The summed E-state index contributed by atoms with van der Waals surface area (Å²) in [5.41, 5.74) is 0.209. The van der Waals surface area contributed by atoms with E-state index in [4.69, 9.17) is 11.6 Å². The highest BCUT2D eigenvalue weighted by Crippen LogP contribution is 2.38. The molecule has 1 aromatic carbocycles. The highest BCUT2D eigenvalue weighted by atomic mass is 35.5. The molecule has 0 saturated carbocycles.